The van der Waals surface area contributed by atoms with Crippen molar-refractivity contribution in [1.82, 2.24) is 19.8 Å². The Balaban J connectivity index is 1.60. The molecule has 2 aromatic carbocycles. The molecule has 1 unspecified atom stereocenters. The Morgan fingerprint density at radius 3 is 2.42 bits per heavy atom. The van der Waals surface area contributed by atoms with E-state index in [0.717, 1.165) is 42.5 Å². The number of amides is 2. The molecule has 6 nitrogen and oxygen atoms in total. The fraction of sp³-hybridized carbons (Fsp3) is 0.400. The van der Waals surface area contributed by atoms with Crippen LogP contribution in [0.15, 0.2) is 48.5 Å². The molecule has 0 bridgehead atoms. The highest BCUT2D eigenvalue weighted by Crippen LogP contribution is 2.22. The van der Waals surface area contributed by atoms with E-state index in [-0.39, 0.29) is 24.4 Å². The largest absolute Gasteiger partial charge is 0.342 e. The first kappa shape index (κ1) is 21.1. The standard InChI is InChI=1S/C25H30N4O2/c1-18-11-5-6-12-20(18)25(31)26-19(2)24-27-21-13-7-8-14-22(21)29(24)17-23(30)28-15-9-3-4-10-16-28/h5-8,11-14,19H,3-4,9-10,15-17H2,1-2H3,(H,26,31). The van der Waals surface area contributed by atoms with Gasteiger partial charge in [0, 0.05) is 18.7 Å². The Kier molecular flexibility index (Phi) is 6.35. The number of nitrogens with one attached hydrogen (secondary N) is 1. The average molecular weight is 419 g/mol. The van der Waals surface area contributed by atoms with Crippen LogP contribution in [-0.4, -0.2) is 39.4 Å². The fourth-order valence-corrected chi connectivity index (χ4v) is 4.31. The van der Waals surface area contributed by atoms with Gasteiger partial charge in [-0.1, -0.05) is 43.2 Å². The van der Waals surface area contributed by atoms with Gasteiger partial charge >= 0.3 is 0 Å². The second-order valence-electron chi connectivity index (χ2n) is 8.35. The number of imidazole rings is 1. The number of nitrogens with zero attached hydrogens (tertiary/aromatic N) is 3. The molecule has 1 aromatic heterocycles. The molecule has 6 heteroatoms. The maximum atomic E-state index is 13.1. The zero-order valence-electron chi connectivity index (χ0n) is 18.3. The third-order valence-electron chi connectivity index (χ3n) is 6.06. The molecule has 0 radical (unpaired) electrons. The van der Waals surface area contributed by atoms with E-state index >= 15 is 0 Å². The molecule has 1 atom stereocenters. The lowest BCUT2D eigenvalue weighted by molar-refractivity contribution is -0.131. The van der Waals surface area contributed by atoms with E-state index in [2.05, 4.69) is 5.32 Å². The number of hydrogen-bond acceptors (Lipinski definition) is 3. The molecular formula is C25H30N4O2. The van der Waals surface area contributed by atoms with Crippen molar-refractivity contribution in [3.63, 3.8) is 0 Å². The molecule has 162 valence electrons. The van der Waals surface area contributed by atoms with E-state index < -0.39 is 0 Å². The highest BCUT2D eigenvalue weighted by molar-refractivity contribution is 5.95. The van der Waals surface area contributed by atoms with E-state index in [1.807, 2.05) is 71.8 Å². The summed E-state index contributed by atoms with van der Waals surface area (Å²) in [5, 5.41) is 3.07. The van der Waals surface area contributed by atoms with Crippen molar-refractivity contribution in [1.29, 1.82) is 0 Å². The van der Waals surface area contributed by atoms with Gasteiger partial charge in [0.2, 0.25) is 5.91 Å². The number of carbonyl (C=O) groups excluding carboxylic acids is 2. The van der Waals surface area contributed by atoms with Gasteiger partial charge in [0.1, 0.15) is 12.4 Å². The Labute approximate surface area is 183 Å². The summed E-state index contributed by atoms with van der Waals surface area (Å²) in [6.07, 6.45) is 4.49. The van der Waals surface area contributed by atoms with Gasteiger partial charge in [-0.3, -0.25) is 9.59 Å². The van der Waals surface area contributed by atoms with Crippen LogP contribution in [0.1, 0.15) is 60.4 Å². The number of benzene rings is 2. The van der Waals surface area contributed by atoms with Crippen molar-refractivity contribution >= 4 is 22.8 Å². The number of aromatic nitrogens is 2. The minimum absolute atomic E-state index is 0.115. The van der Waals surface area contributed by atoms with Crippen LogP contribution in [0.4, 0.5) is 0 Å². The molecule has 3 aromatic rings. The van der Waals surface area contributed by atoms with Crippen LogP contribution in [0.3, 0.4) is 0 Å². The van der Waals surface area contributed by atoms with Crippen LogP contribution >= 0.6 is 0 Å². The SMILES string of the molecule is Cc1ccccc1C(=O)NC(C)c1nc2ccccc2n1CC(=O)N1CCCCCC1. The summed E-state index contributed by atoms with van der Waals surface area (Å²) in [4.78, 5) is 32.7. The number of hydrogen-bond donors (Lipinski definition) is 1. The van der Waals surface area contributed by atoms with Crippen LogP contribution in [-0.2, 0) is 11.3 Å². The first-order valence-corrected chi connectivity index (χ1v) is 11.1. The molecular weight excluding hydrogens is 388 g/mol. The van der Waals surface area contributed by atoms with Gasteiger partial charge in [0.05, 0.1) is 17.1 Å². The monoisotopic (exact) mass is 418 g/mol. The van der Waals surface area contributed by atoms with Crippen molar-refractivity contribution in [2.24, 2.45) is 0 Å². The topological polar surface area (TPSA) is 67.2 Å². The first-order chi connectivity index (χ1) is 15.0. The second-order valence-corrected chi connectivity index (χ2v) is 8.35. The number of likely N-dealkylation sites (tertiary alicyclic amines) is 1. The Morgan fingerprint density at radius 2 is 1.68 bits per heavy atom. The summed E-state index contributed by atoms with van der Waals surface area (Å²) in [7, 11) is 0. The zero-order valence-corrected chi connectivity index (χ0v) is 18.3. The summed E-state index contributed by atoms with van der Waals surface area (Å²) in [6.45, 7) is 5.72. The Bertz CT molecular complexity index is 1080. The van der Waals surface area contributed by atoms with Crippen molar-refractivity contribution in [2.75, 3.05) is 13.1 Å². The summed E-state index contributed by atoms with van der Waals surface area (Å²) < 4.78 is 1.96. The maximum Gasteiger partial charge on any atom is 0.252 e. The van der Waals surface area contributed by atoms with E-state index in [0.29, 0.717) is 11.4 Å². The molecule has 1 aliphatic rings. The third kappa shape index (κ3) is 4.63. The van der Waals surface area contributed by atoms with E-state index in [4.69, 9.17) is 4.98 Å². The summed E-state index contributed by atoms with van der Waals surface area (Å²) in [5.41, 5.74) is 3.32. The van der Waals surface area contributed by atoms with Crippen LogP contribution in [0.25, 0.3) is 11.0 Å². The van der Waals surface area contributed by atoms with Gasteiger partial charge < -0.3 is 14.8 Å². The minimum atomic E-state index is -0.337. The quantitative estimate of drug-likeness (QED) is 0.674. The highest BCUT2D eigenvalue weighted by Gasteiger charge is 2.23. The molecule has 0 spiro atoms. The summed E-state index contributed by atoms with van der Waals surface area (Å²) in [5.74, 6) is 0.679. The van der Waals surface area contributed by atoms with Gasteiger partial charge in [-0.2, -0.15) is 0 Å². The summed E-state index contributed by atoms with van der Waals surface area (Å²) in [6, 6.07) is 15.0. The average Bonchev–Trinajstić information content (AvgIpc) is 2.93. The Morgan fingerprint density at radius 1 is 1.00 bits per heavy atom. The first-order valence-electron chi connectivity index (χ1n) is 11.1. The van der Waals surface area contributed by atoms with Gasteiger partial charge in [0.15, 0.2) is 0 Å². The molecule has 1 saturated heterocycles. The zero-order chi connectivity index (χ0) is 21.8. The number of carbonyl (C=O) groups is 2. The third-order valence-corrected chi connectivity index (χ3v) is 6.06. The molecule has 2 amide bonds. The van der Waals surface area contributed by atoms with E-state index in [9.17, 15) is 9.59 Å². The van der Waals surface area contributed by atoms with Crippen molar-refractivity contribution in [2.45, 2.75) is 52.1 Å². The van der Waals surface area contributed by atoms with Gasteiger partial charge in [0.25, 0.3) is 5.91 Å². The molecule has 2 heterocycles. The number of fused-ring (bicyclic) bond motifs is 1. The second kappa shape index (κ2) is 9.33. The van der Waals surface area contributed by atoms with Gasteiger partial charge in [-0.25, -0.2) is 4.98 Å². The van der Waals surface area contributed by atoms with Crippen LogP contribution in [0.2, 0.25) is 0 Å². The molecule has 0 saturated carbocycles. The number of aryl methyl sites for hydroxylation is 1. The molecule has 1 N–H and O–H groups in total. The lowest BCUT2D eigenvalue weighted by atomic mass is 10.1. The van der Waals surface area contributed by atoms with Crippen LogP contribution in [0.5, 0.6) is 0 Å². The maximum absolute atomic E-state index is 13.1. The van der Waals surface area contributed by atoms with Crippen LogP contribution in [0, 0.1) is 6.92 Å². The van der Waals surface area contributed by atoms with E-state index in [1.165, 1.54) is 12.8 Å². The molecule has 0 aliphatic carbocycles. The number of rotatable bonds is 5. The van der Waals surface area contributed by atoms with E-state index in [1.54, 1.807) is 0 Å². The van der Waals surface area contributed by atoms with Crippen molar-refractivity contribution < 1.29 is 9.59 Å². The van der Waals surface area contributed by atoms with Gasteiger partial charge in [-0.05, 0) is 50.5 Å². The van der Waals surface area contributed by atoms with Crippen molar-refractivity contribution in [3.05, 3.63) is 65.5 Å². The lowest BCUT2D eigenvalue weighted by Crippen LogP contribution is -2.36. The normalized spacial score (nSPS) is 15.5. The molecule has 1 aliphatic heterocycles. The molecule has 1 fully saturated rings. The van der Waals surface area contributed by atoms with Gasteiger partial charge in [-0.15, -0.1) is 0 Å². The predicted molar refractivity (Wildman–Crippen MR) is 122 cm³/mol. The number of para-hydroxylation sites is 2. The molecule has 4 rings (SSSR count). The fourth-order valence-electron chi connectivity index (χ4n) is 4.31. The summed E-state index contributed by atoms with van der Waals surface area (Å²) >= 11 is 0. The lowest BCUT2D eigenvalue weighted by Gasteiger charge is -2.22. The van der Waals surface area contributed by atoms with Crippen LogP contribution < -0.4 is 5.32 Å². The highest BCUT2D eigenvalue weighted by atomic mass is 16.2. The minimum Gasteiger partial charge on any atom is -0.342 e. The smallest absolute Gasteiger partial charge is 0.252 e. The predicted octanol–water partition coefficient (Wildman–Crippen LogP) is 4.24. The van der Waals surface area contributed by atoms with Crippen molar-refractivity contribution in [3.8, 4) is 0 Å². The molecule has 31 heavy (non-hydrogen) atoms. The Hall–Kier alpha value is -3.15.